The molecule has 2 saturated carbocycles. The number of ether oxygens (including phenoxy) is 2. The first-order chi connectivity index (χ1) is 18.6. The molecule has 1 aromatic carbocycles. The van der Waals surface area contributed by atoms with Crippen molar-refractivity contribution in [3.8, 4) is 5.69 Å². The quantitative estimate of drug-likeness (QED) is 0.342. The van der Waals surface area contributed by atoms with Crippen LogP contribution in [0, 0.1) is 0 Å². The van der Waals surface area contributed by atoms with E-state index in [1.807, 2.05) is 50.8 Å². The van der Waals surface area contributed by atoms with Gasteiger partial charge < -0.3 is 9.47 Å². The molecular weight excluding hydrogens is 498 g/mol. The van der Waals surface area contributed by atoms with Gasteiger partial charge in [-0.1, -0.05) is 23.8 Å². The summed E-state index contributed by atoms with van der Waals surface area (Å²) in [6.45, 7) is 5.53. The van der Waals surface area contributed by atoms with Crippen LogP contribution in [0.15, 0.2) is 36.7 Å². The van der Waals surface area contributed by atoms with Gasteiger partial charge in [-0.25, -0.2) is 19.7 Å². The van der Waals surface area contributed by atoms with Crippen LogP contribution in [0.3, 0.4) is 0 Å². The first-order valence-corrected chi connectivity index (χ1v) is 13.5. The largest absolute Gasteiger partial charge is 0.465 e. The highest BCUT2D eigenvalue weighted by atomic mass is 16.6. The Balaban J connectivity index is 1.34. The number of aryl methyl sites for hydroxylation is 1. The number of nitrogens with one attached hydrogen (secondary N) is 2. The number of carbonyl (C=O) groups excluding carboxylic acids is 2. The zero-order valence-electron chi connectivity index (χ0n) is 23.2. The Bertz CT molecular complexity index is 1340. The van der Waals surface area contributed by atoms with E-state index in [0.717, 1.165) is 49.2 Å². The molecule has 4 atom stereocenters. The van der Waals surface area contributed by atoms with Crippen LogP contribution in [0.5, 0.6) is 0 Å². The van der Waals surface area contributed by atoms with Crippen LogP contribution in [0.2, 0.25) is 0 Å². The number of aromatic nitrogens is 5. The molecule has 0 aliphatic heterocycles. The molecule has 2 aliphatic carbocycles. The van der Waals surface area contributed by atoms with E-state index in [2.05, 4.69) is 38.4 Å². The maximum absolute atomic E-state index is 12.6. The van der Waals surface area contributed by atoms with Gasteiger partial charge in [0, 0.05) is 31.1 Å². The molecule has 208 valence electrons. The lowest BCUT2D eigenvalue weighted by Gasteiger charge is -2.30. The number of benzene rings is 1. The summed E-state index contributed by atoms with van der Waals surface area (Å²) >= 11 is 0. The van der Waals surface area contributed by atoms with Gasteiger partial charge >= 0.3 is 12.1 Å². The fourth-order valence-electron chi connectivity index (χ4n) is 5.55. The van der Waals surface area contributed by atoms with Gasteiger partial charge in [0.15, 0.2) is 0 Å². The van der Waals surface area contributed by atoms with Crippen LogP contribution in [0.25, 0.3) is 5.69 Å². The molecule has 0 bridgehead atoms. The Morgan fingerprint density at radius 1 is 1.13 bits per heavy atom. The second-order valence-corrected chi connectivity index (χ2v) is 11.5. The van der Waals surface area contributed by atoms with Gasteiger partial charge in [0.1, 0.15) is 11.2 Å². The lowest BCUT2D eigenvalue weighted by Crippen LogP contribution is -2.47. The number of carbonyl (C=O) groups is 2. The van der Waals surface area contributed by atoms with Crippen molar-refractivity contribution in [1.29, 1.82) is 0 Å². The topological polar surface area (TPSA) is 125 Å². The third kappa shape index (κ3) is 6.13. The summed E-state index contributed by atoms with van der Waals surface area (Å²) < 4.78 is 14.0. The summed E-state index contributed by atoms with van der Waals surface area (Å²) in [5.41, 5.74) is 9.68. The molecule has 11 heteroatoms. The van der Waals surface area contributed by atoms with Gasteiger partial charge in [-0.2, -0.15) is 5.10 Å². The normalized spacial score (nSPS) is 22.8. The molecule has 2 fully saturated rings. The highest BCUT2D eigenvalue weighted by molar-refractivity contribution is 5.91. The minimum Gasteiger partial charge on any atom is -0.465 e. The van der Waals surface area contributed by atoms with E-state index in [0.29, 0.717) is 11.5 Å². The Labute approximate surface area is 228 Å². The van der Waals surface area contributed by atoms with E-state index < -0.39 is 17.7 Å². The Kier molecular flexibility index (Phi) is 7.44. The number of rotatable bonds is 7. The van der Waals surface area contributed by atoms with Gasteiger partial charge in [0.2, 0.25) is 0 Å². The van der Waals surface area contributed by atoms with E-state index in [-0.39, 0.29) is 17.9 Å². The van der Waals surface area contributed by atoms with Crippen LogP contribution in [-0.2, 0) is 16.5 Å². The number of nitrogens with zero attached hydrogens (tertiary/aromatic N) is 5. The summed E-state index contributed by atoms with van der Waals surface area (Å²) in [6, 6.07) is 8.50. The van der Waals surface area contributed by atoms with E-state index >= 15 is 0 Å². The van der Waals surface area contributed by atoms with Crippen molar-refractivity contribution in [2.45, 2.75) is 82.3 Å². The first-order valence-electron chi connectivity index (χ1n) is 13.5. The van der Waals surface area contributed by atoms with E-state index in [4.69, 9.17) is 9.47 Å². The number of amides is 1. The number of esters is 1. The van der Waals surface area contributed by atoms with Crippen LogP contribution >= 0.6 is 0 Å². The Morgan fingerprint density at radius 3 is 2.67 bits per heavy atom. The van der Waals surface area contributed by atoms with Crippen molar-refractivity contribution in [3.05, 3.63) is 59.2 Å². The predicted octanol–water partition coefficient (Wildman–Crippen LogP) is 4.11. The van der Waals surface area contributed by atoms with Crippen molar-refractivity contribution < 1.29 is 19.1 Å². The first kappa shape index (κ1) is 26.9. The van der Waals surface area contributed by atoms with Crippen molar-refractivity contribution in [2.24, 2.45) is 7.05 Å². The monoisotopic (exact) mass is 535 g/mol. The molecule has 3 aromatic rings. The molecule has 2 heterocycles. The van der Waals surface area contributed by atoms with Gasteiger partial charge in [-0.05, 0) is 70.1 Å². The summed E-state index contributed by atoms with van der Waals surface area (Å²) in [6.07, 6.45) is 7.89. The van der Waals surface area contributed by atoms with Crippen molar-refractivity contribution in [3.63, 3.8) is 0 Å². The molecular formula is C28H37N7O4. The summed E-state index contributed by atoms with van der Waals surface area (Å²) in [5.74, 6) is 0.215. The third-order valence-corrected chi connectivity index (χ3v) is 7.39. The molecule has 0 saturated heterocycles. The molecule has 0 spiro atoms. The smallest absolute Gasteiger partial charge is 0.422 e. The molecule has 2 N–H and O–H groups in total. The van der Waals surface area contributed by atoms with E-state index in [1.165, 1.54) is 12.7 Å². The van der Waals surface area contributed by atoms with E-state index in [1.54, 1.807) is 10.9 Å². The molecule has 2 aliphatic rings. The second kappa shape index (κ2) is 10.8. The van der Waals surface area contributed by atoms with Crippen LogP contribution < -0.4 is 10.9 Å². The average Bonchev–Trinajstić information content (AvgIpc) is 3.36. The highest BCUT2D eigenvalue weighted by Crippen LogP contribution is 2.55. The van der Waals surface area contributed by atoms with Gasteiger partial charge in [-0.3, -0.25) is 10.1 Å². The zero-order chi connectivity index (χ0) is 27.7. The predicted molar refractivity (Wildman–Crippen MR) is 144 cm³/mol. The average molecular weight is 536 g/mol. The molecule has 0 radical (unpaired) electrons. The van der Waals surface area contributed by atoms with Crippen molar-refractivity contribution >= 4 is 12.1 Å². The molecule has 11 nitrogen and oxygen atoms in total. The van der Waals surface area contributed by atoms with Crippen molar-refractivity contribution in [1.82, 2.24) is 35.6 Å². The van der Waals surface area contributed by atoms with Crippen molar-refractivity contribution in [2.75, 3.05) is 7.11 Å². The molecule has 39 heavy (non-hydrogen) atoms. The number of hydrazine groups is 1. The van der Waals surface area contributed by atoms with Crippen LogP contribution in [0.1, 0.15) is 97.9 Å². The molecule has 5 rings (SSSR count). The number of methoxy groups -OCH3 is 1. The molecule has 2 aromatic heterocycles. The zero-order valence-corrected chi connectivity index (χ0v) is 23.2. The lowest BCUT2D eigenvalue weighted by molar-refractivity contribution is 0.0480. The number of hydrogen-bond acceptors (Lipinski definition) is 8. The third-order valence-electron chi connectivity index (χ3n) is 7.39. The second-order valence-electron chi connectivity index (χ2n) is 11.5. The number of hydrogen-bond donors (Lipinski definition) is 2. The lowest BCUT2D eigenvalue weighted by atomic mass is 9.81. The fraction of sp³-hybridized carbons (Fsp3) is 0.536. The SMILES string of the molecule is COC(=O)c1cnn(-c2cccc(C3CCCC(NNC(=O)OC(C)(C)C)C3)c2)c1C1CC1c1cn(C)nn1. The van der Waals surface area contributed by atoms with E-state index in [9.17, 15) is 9.59 Å². The summed E-state index contributed by atoms with van der Waals surface area (Å²) in [5, 5.41) is 13.0. The fourth-order valence-corrected chi connectivity index (χ4v) is 5.55. The Morgan fingerprint density at radius 2 is 1.95 bits per heavy atom. The minimum absolute atomic E-state index is 0.101. The minimum atomic E-state index is -0.546. The maximum atomic E-state index is 12.6. The molecule has 4 unspecified atom stereocenters. The van der Waals surface area contributed by atoms with Crippen LogP contribution in [-0.4, -0.2) is 55.6 Å². The highest BCUT2D eigenvalue weighted by Gasteiger charge is 2.46. The standard InChI is InChI=1S/C28H37N7O4/c1-28(2,3)39-27(37)32-30-19-10-6-8-17(12-19)18-9-7-11-20(13-18)35-25(23(15-29-35)26(36)38-5)22-14-21(22)24-16-34(4)33-31-24/h7,9,11,13,15-17,19,21-22,30H,6,8,10,12,14H2,1-5H3,(H,32,37). The Hall–Kier alpha value is -3.73. The van der Waals surface area contributed by atoms with Gasteiger partial charge in [-0.15, -0.1) is 5.10 Å². The summed E-state index contributed by atoms with van der Waals surface area (Å²) in [7, 11) is 3.24. The van der Waals surface area contributed by atoms with Crippen LogP contribution in [0.4, 0.5) is 4.79 Å². The van der Waals surface area contributed by atoms with Gasteiger partial charge in [0.25, 0.3) is 0 Å². The molecule has 1 amide bonds. The summed E-state index contributed by atoms with van der Waals surface area (Å²) in [4.78, 5) is 24.7. The maximum Gasteiger partial charge on any atom is 0.422 e. The van der Waals surface area contributed by atoms with Gasteiger partial charge in [0.05, 0.1) is 30.4 Å².